The average molecular weight is 289 g/mol. The number of aryl methyl sites for hydroxylation is 1. The maximum Gasteiger partial charge on any atom is 0.163 e. The molecule has 112 valence electrons. The normalized spacial score (nSPS) is 25.6. The maximum atomic E-state index is 5.86. The summed E-state index contributed by atoms with van der Waals surface area (Å²) in [5.41, 5.74) is 3.44. The molecule has 2 fully saturated rings. The number of ether oxygens (including phenoxy) is 1. The van der Waals surface area contributed by atoms with Crippen molar-refractivity contribution in [3.8, 4) is 0 Å². The fraction of sp³-hybridized carbons (Fsp3) is 0.615. The second-order valence-corrected chi connectivity index (χ2v) is 5.79. The Labute approximate surface area is 122 Å². The lowest BCUT2D eigenvalue weighted by Gasteiger charge is -2.31. The van der Waals surface area contributed by atoms with E-state index in [0.29, 0.717) is 24.6 Å². The molecule has 2 atom stereocenters. The van der Waals surface area contributed by atoms with Crippen molar-refractivity contribution < 1.29 is 4.74 Å². The smallest absolute Gasteiger partial charge is 0.163 e. The van der Waals surface area contributed by atoms with Gasteiger partial charge in [0.05, 0.1) is 30.3 Å². The van der Waals surface area contributed by atoms with Crippen molar-refractivity contribution in [1.82, 2.24) is 24.6 Å². The van der Waals surface area contributed by atoms with Gasteiger partial charge >= 0.3 is 0 Å². The van der Waals surface area contributed by atoms with Crippen molar-refractivity contribution in [1.29, 1.82) is 0 Å². The van der Waals surface area contributed by atoms with Gasteiger partial charge in [0.2, 0.25) is 0 Å². The number of nitrogens with zero attached hydrogens (tertiary/aromatic N) is 5. The minimum atomic E-state index is 0.372. The van der Waals surface area contributed by atoms with E-state index in [-0.39, 0.29) is 0 Å². The monoisotopic (exact) mass is 289 g/mol. The summed E-state index contributed by atoms with van der Waals surface area (Å²) in [5, 5.41) is 5.05. The first-order chi connectivity index (χ1) is 10.2. The summed E-state index contributed by atoms with van der Waals surface area (Å²) in [5.74, 6) is 6.96. The van der Waals surface area contributed by atoms with Crippen molar-refractivity contribution in [3.05, 3.63) is 12.0 Å². The minimum Gasteiger partial charge on any atom is -0.372 e. The van der Waals surface area contributed by atoms with Crippen LogP contribution in [0.5, 0.6) is 0 Å². The zero-order valence-electron chi connectivity index (χ0n) is 12.0. The second kappa shape index (κ2) is 4.90. The van der Waals surface area contributed by atoms with Gasteiger partial charge in [-0.05, 0) is 12.8 Å². The summed E-state index contributed by atoms with van der Waals surface area (Å²) in [6, 6.07) is 0. The van der Waals surface area contributed by atoms with Gasteiger partial charge in [-0.15, -0.1) is 0 Å². The minimum absolute atomic E-state index is 0.372. The molecular weight excluding hydrogens is 270 g/mol. The third-order valence-corrected chi connectivity index (χ3v) is 4.26. The SMILES string of the molecule is Cn1ncc2c(NN)nc(CN3CC4CCC(C3)O4)nc21. The van der Waals surface area contributed by atoms with Crippen LogP contribution in [0, 0.1) is 0 Å². The predicted molar refractivity (Wildman–Crippen MR) is 77.3 cm³/mol. The number of nitrogens with one attached hydrogen (secondary N) is 1. The Morgan fingerprint density at radius 3 is 2.81 bits per heavy atom. The van der Waals surface area contributed by atoms with Crippen LogP contribution in [-0.2, 0) is 18.3 Å². The Morgan fingerprint density at radius 1 is 1.33 bits per heavy atom. The topological polar surface area (TPSA) is 94.1 Å². The molecule has 2 aliphatic heterocycles. The van der Waals surface area contributed by atoms with Gasteiger partial charge < -0.3 is 10.2 Å². The van der Waals surface area contributed by atoms with E-state index in [4.69, 9.17) is 10.6 Å². The molecule has 21 heavy (non-hydrogen) atoms. The first kappa shape index (κ1) is 12.9. The van der Waals surface area contributed by atoms with Crippen molar-refractivity contribution in [2.24, 2.45) is 12.9 Å². The van der Waals surface area contributed by atoms with E-state index in [9.17, 15) is 0 Å². The van der Waals surface area contributed by atoms with E-state index in [1.54, 1.807) is 10.9 Å². The highest BCUT2D eigenvalue weighted by atomic mass is 16.5. The van der Waals surface area contributed by atoms with Crippen LogP contribution in [0.1, 0.15) is 18.7 Å². The highest BCUT2D eigenvalue weighted by molar-refractivity contribution is 5.86. The van der Waals surface area contributed by atoms with Gasteiger partial charge in [0.25, 0.3) is 0 Å². The van der Waals surface area contributed by atoms with Gasteiger partial charge in [0, 0.05) is 20.1 Å². The summed E-state index contributed by atoms with van der Waals surface area (Å²) in [4.78, 5) is 11.5. The van der Waals surface area contributed by atoms with Crippen LogP contribution in [0.15, 0.2) is 6.20 Å². The number of likely N-dealkylation sites (tertiary alicyclic amines) is 1. The highest BCUT2D eigenvalue weighted by Gasteiger charge is 2.33. The molecule has 2 saturated heterocycles. The Hall–Kier alpha value is -1.77. The molecule has 0 aromatic carbocycles. The molecule has 2 aromatic heterocycles. The van der Waals surface area contributed by atoms with Gasteiger partial charge in [-0.2, -0.15) is 5.10 Å². The van der Waals surface area contributed by atoms with Crippen molar-refractivity contribution in [3.63, 3.8) is 0 Å². The van der Waals surface area contributed by atoms with Gasteiger partial charge in [-0.3, -0.25) is 9.58 Å². The molecule has 0 amide bonds. The molecule has 2 unspecified atom stereocenters. The Bertz CT molecular complexity index is 658. The number of rotatable bonds is 3. The number of hydrogen-bond donors (Lipinski definition) is 2. The van der Waals surface area contributed by atoms with E-state index in [1.807, 2.05) is 7.05 Å². The summed E-state index contributed by atoms with van der Waals surface area (Å²) in [6.07, 6.45) is 4.80. The van der Waals surface area contributed by atoms with Gasteiger partial charge in [-0.1, -0.05) is 0 Å². The number of nitrogens with two attached hydrogens (primary N) is 1. The molecule has 8 heteroatoms. The molecule has 2 aromatic rings. The third-order valence-electron chi connectivity index (χ3n) is 4.26. The maximum absolute atomic E-state index is 5.86. The van der Waals surface area contributed by atoms with Crippen LogP contribution < -0.4 is 11.3 Å². The summed E-state index contributed by atoms with van der Waals surface area (Å²) < 4.78 is 7.60. The van der Waals surface area contributed by atoms with Crippen LogP contribution in [0.4, 0.5) is 5.82 Å². The van der Waals surface area contributed by atoms with Gasteiger partial charge in [0.1, 0.15) is 5.82 Å². The number of hydrazine groups is 1. The number of fused-ring (bicyclic) bond motifs is 3. The zero-order chi connectivity index (χ0) is 14.4. The molecule has 0 aliphatic carbocycles. The quantitative estimate of drug-likeness (QED) is 0.607. The van der Waals surface area contributed by atoms with Crippen molar-refractivity contribution in [2.45, 2.75) is 31.6 Å². The lowest BCUT2D eigenvalue weighted by atomic mass is 10.2. The van der Waals surface area contributed by atoms with Crippen LogP contribution in [0.2, 0.25) is 0 Å². The molecule has 8 nitrogen and oxygen atoms in total. The summed E-state index contributed by atoms with van der Waals surface area (Å²) in [6.45, 7) is 2.62. The van der Waals surface area contributed by atoms with E-state index in [2.05, 4.69) is 25.4 Å². The summed E-state index contributed by atoms with van der Waals surface area (Å²) >= 11 is 0. The number of morpholine rings is 1. The van der Waals surface area contributed by atoms with Gasteiger partial charge in [0.15, 0.2) is 11.5 Å². The largest absolute Gasteiger partial charge is 0.372 e. The van der Waals surface area contributed by atoms with Crippen LogP contribution in [0.3, 0.4) is 0 Å². The highest BCUT2D eigenvalue weighted by Crippen LogP contribution is 2.27. The van der Waals surface area contributed by atoms with E-state index >= 15 is 0 Å². The molecule has 4 heterocycles. The Kier molecular flexibility index (Phi) is 3.02. The second-order valence-electron chi connectivity index (χ2n) is 5.79. The molecule has 0 spiro atoms. The van der Waals surface area contributed by atoms with Crippen molar-refractivity contribution >= 4 is 16.9 Å². The lowest BCUT2D eigenvalue weighted by Crippen LogP contribution is -2.42. The van der Waals surface area contributed by atoms with Crippen LogP contribution in [0.25, 0.3) is 11.0 Å². The summed E-state index contributed by atoms with van der Waals surface area (Å²) in [7, 11) is 1.87. The molecule has 0 saturated carbocycles. The first-order valence-corrected chi connectivity index (χ1v) is 7.26. The predicted octanol–water partition coefficient (Wildman–Crippen LogP) is 0.0121. The molecule has 2 bridgehead atoms. The molecule has 2 aliphatic rings. The van der Waals surface area contributed by atoms with E-state index in [0.717, 1.165) is 29.9 Å². The van der Waals surface area contributed by atoms with Crippen LogP contribution >= 0.6 is 0 Å². The van der Waals surface area contributed by atoms with E-state index in [1.165, 1.54) is 12.8 Å². The Balaban J connectivity index is 1.62. The van der Waals surface area contributed by atoms with E-state index < -0.39 is 0 Å². The number of anilines is 1. The molecular formula is C13H19N7O. The molecule has 3 N–H and O–H groups in total. The van der Waals surface area contributed by atoms with Gasteiger partial charge in [-0.25, -0.2) is 15.8 Å². The average Bonchev–Trinajstić information content (AvgIpc) is 3.02. The third kappa shape index (κ3) is 2.25. The standard InChI is InChI=1S/C13H19N7O/c1-19-13-10(4-15-19)12(18-14)16-11(17-13)7-20-5-8-2-3-9(6-20)21-8/h4,8-9H,2-3,5-7,14H2,1H3,(H,16,17,18). The molecule has 0 radical (unpaired) electrons. The number of hydrogen-bond acceptors (Lipinski definition) is 7. The van der Waals surface area contributed by atoms with Crippen molar-refractivity contribution in [2.75, 3.05) is 18.5 Å². The van der Waals surface area contributed by atoms with Crippen LogP contribution in [-0.4, -0.2) is 49.9 Å². The fourth-order valence-corrected chi connectivity index (χ4v) is 3.28. The lowest BCUT2D eigenvalue weighted by molar-refractivity contribution is -0.0417. The number of nitrogen functional groups attached to an aromatic ring is 1. The molecule has 4 rings (SSSR count). The Morgan fingerprint density at radius 2 is 2.10 bits per heavy atom. The number of aromatic nitrogens is 4. The first-order valence-electron chi connectivity index (χ1n) is 7.26. The zero-order valence-corrected chi connectivity index (χ0v) is 12.0. The fourth-order valence-electron chi connectivity index (χ4n) is 3.28.